The van der Waals surface area contributed by atoms with Gasteiger partial charge in [-0.1, -0.05) is 11.6 Å². The van der Waals surface area contributed by atoms with Crippen LogP contribution in [0.3, 0.4) is 0 Å². The summed E-state index contributed by atoms with van der Waals surface area (Å²) in [6, 6.07) is 1.55. The second-order valence-electron chi connectivity index (χ2n) is 4.73. The highest BCUT2D eigenvalue weighted by atomic mass is 35.5. The van der Waals surface area contributed by atoms with Gasteiger partial charge in [0.1, 0.15) is 10.0 Å². The van der Waals surface area contributed by atoms with Crippen molar-refractivity contribution >= 4 is 38.6 Å². The molecule has 0 aliphatic heterocycles. The van der Waals surface area contributed by atoms with Crippen molar-refractivity contribution < 1.29 is 8.42 Å². The minimum absolute atomic E-state index is 0.186. The van der Waals surface area contributed by atoms with Crippen LogP contribution in [0.1, 0.15) is 30.1 Å². The van der Waals surface area contributed by atoms with Crippen LogP contribution in [0.15, 0.2) is 22.7 Å². The van der Waals surface area contributed by atoms with Gasteiger partial charge >= 0.3 is 0 Å². The molecule has 8 heteroatoms. The average Bonchev–Trinajstić information content (AvgIpc) is 3.17. The molecule has 1 fully saturated rings. The molecule has 0 bridgehead atoms. The molecule has 0 radical (unpaired) electrons. The molecule has 20 heavy (non-hydrogen) atoms. The minimum atomic E-state index is -3.63. The first kappa shape index (κ1) is 13.8. The number of rotatable bonds is 4. The summed E-state index contributed by atoms with van der Waals surface area (Å²) in [6.07, 6.45) is 5.22. The summed E-state index contributed by atoms with van der Waals surface area (Å²) >= 11 is 6.94. The van der Waals surface area contributed by atoms with E-state index in [1.807, 2.05) is 0 Å². The zero-order valence-corrected chi connectivity index (χ0v) is 13.0. The van der Waals surface area contributed by atoms with Gasteiger partial charge in [0.05, 0.1) is 22.4 Å². The molecular formula is C12H12ClN3O2S2. The molecule has 1 aliphatic rings. The zero-order chi connectivity index (χ0) is 14.3. The lowest BCUT2D eigenvalue weighted by molar-refractivity contribution is 0.603. The summed E-state index contributed by atoms with van der Waals surface area (Å²) in [5.74, 6) is 1.22. The Morgan fingerprint density at radius 1 is 1.35 bits per heavy atom. The summed E-state index contributed by atoms with van der Waals surface area (Å²) in [4.78, 5) is 8.36. The summed E-state index contributed by atoms with van der Waals surface area (Å²) in [7, 11) is -3.63. The predicted octanol–water partition coefficient (Wildman–Crippen LogP) is 3.18. The van der Waals surface area contributed by atoms with Crippen LogP contribution in [0.4, 0.5) is 5.69 Å². The maximum Gasteiger partial charge on any atom is 0.271 e. The lowest BCUT2D eigenvalue weighted by atomic mass is 10.4. The normalized spacial score (nSPS) is 15.3. The number of nitrogens with zero attached hydrogens (tertiary/aromatic N) is 2. The Kier molecular flexibility index (Phi) is 3.43. The number of anilines is 1. The van der Waals surface area contributed by atoms with E-state index < -0.39 is 10.0 Å². The van der Waals surface area contributed by atoms with Gasteiger partial charge in [0.15, 0.2) is 0 Å². The van der Waals surface area contributed by atoms with E-state index in [4.69, 9.17) is 11.6 Å². The molecule has 1 saturated carbocycles. The van der Waals surface area contributed by atoms with Gasteiger partial charge in [-0.3, -0.25) is 4.72 Å². The molecule has 0 spiro atoms. The van der Waals surface area contributed by atoms with Crippen LogP contribution >= 0.6 is 22.9 Å². The van der Waals surface area contributed by atoms with Gasteiger partial charge < -0.3 is 0 Å². The Labute approximate surface area is 126 Å². The fourth-order valence-electron chi connectivity index (χ4n) is 1.71. The maximum atomic E-state index is 12.2. The number of hydrogen-bond donors (Lipinski definition) is 1. The van der Waals surface area contributed by atoms with Crippen molar-refractivity contribution in [3.05, 3.63) is 34.2 Å². The maximum absolute atomic E-state index is 12.2. The predicted molar refractivity (Wildman–Crippen MR) is 78.9 cm³/mol. The van der Waals surface area contributed by atoms with E-state index in [9.17, 15) is 8.42 Å². The highest BCUT2D eigenvalue weighted by molar-refractivity contribution is 7.94. The van der Waals surface area contributed by atoms with E-state index in [2.05, 4.69) is 14.7 Å². The van der Waals surface area contributed by atoms with E-state index in [0.717, 1.165) is 35.6 Å². The number of aromatic nitrogens is 2. The van der Waals surface area contributed by atoms with Crippen LogP contribution in [-0.4, -0.2) is 18.4 Å². The molecule has 2 aromatic heterocycles. The van der Waals surface area contributed by atoms with E-state index in [1.54, 1.807) is 13.0 Å². The highest BCUT2D eigenvalue weighted by Crippen LogP contribution is 2.38. The molecular weight excluding hydrogens is 318 g/mol. The number of nitrogens with one attached hydrogen (secondary N) is 1. The van der Waals surface area contributed by atoms with Gasteiger partial charge in [0.2, 0.25) is 0 Å². The minimum Gasteiger partial charge on any atom is -0.276 e. The third-order valence-electron chi connectivity index (χ3n) is 2.97. The van der Waals surface area contributed by atoms with Crippen LogP contribution in [0.2, 0.25) is 4.34 Å². The lowest BCUT2D eigenvalue weighted by Crippen LogP contribution is -2.12. The standard InChI is InChI=1S/C12H12ClN3O2S2/c1-7-4-10(19-11(7)13)20(17,18)16-9-5-14-12(15-6-9)8-2-3-8/h4-6,8,16H,2-3H2,1H3. The molecule has 0 unspecified atom stereocenters. The van der Waals surface area contributed by atoms with Gasteiger partial charge in [0, 0.05) is 5.92 Å². The first-order valence-corrected chi connectivity index (χ1v) is 8.74. The smallest absolute Gasteiger partial charge is 0.271 e. The Hall–Kier alpha value is -1.18. The van der Waals surface area contributed by atoms with Gasteiger partial charge in [-0.2, -0.15) is 0 Å². The number of thiophene rings is 1. The number of sulfonamides is 1. The van der Waals surface area contributed by atoms with Gasteiger partial charge in [-0.15, -0.1) is 11.3 Å². The fourth-order valence-corrected chi connectivity index (χ4v) is 4.45. The van der Waals surface area contributed by atoms with Crippen molar-refractivity contribution in [1.82, 2.24) is 9.97 Å². The molecule has 3 rings (SSSR count). The first-order chi connectivity index (χ1) is 9.45. The molecule has 5 nitrogen and oxygen atoms in total. The molecule has 0 aromatic carbocycles. The molecule has 1 N–H and O–H groups in total. The van der Waals surface area contributed by atoms with Gasteiger partial charge in [-0.05, 0) is 31.4 Å². The first-order valence-electron chi connectivity index (χ1n) is 6.06. The number of aryl methyl sites for hydroxylation is 1. The van der Waals surface area contributed by atoms with Crippen LogP contribution < -0.4 is 4.72 Å². The van der Waals surface area contributed by atoms with Crippen molar-refractivity contribution in [3.8, 4) is 0 Å². The molecule has 0 amide bonds. The molecule has 0 saturated heterocycles. The Bertz CT molecular complexity index is 717. The van der Waals surface area contributed by atoms with Gasteiger partial charge in [0.25, 0.3) is 10.0 Å². The summed E-state index contributed by atoms with van der Waals surface area (Å²) in [5.41, 5.74) is 1.11. The van der Waals surface area contributed by atoms with E-state index in [1.165, 1.54) is 12.4 Å². The molecule has 106 valence electrons. The fraction of sp³-hybridized carbons (Fsp3) is 0.333. The van der Waals surface area contributed by atoms with Gasteiger partial charge in [-0.25, -0.2) is 18.4 Å². The van der Waals surface area contributed by atoms with E-state index in [0.29, 0.717) is 15.9 Å². The van der Waals surface area contributed by atoms with Crippen LogP contribution in [-0.2, 0) is 10.0 Å². The SMILES string of the molecule is Cc1cc(S(=O)(=O)Nc2cnc(C3CC3)nc2)sc1Cl. The van der Waals surface area contributed by atoms with Crippen LogP contribution in [0, 0.1) is 6.92 Å². The van der Waals surface area contributed by atoms with Crippen molar-refractivity contribution in [3.63, 3.8) is 0 Å². The monoisotopic (exact) mass is 329 g/mol. The number of halogens is 1. The van der Waals surface area contributed by atoms with Crippen LogP contribution in [0.5, 0.6) is 0 Å². The number of hydrogen-bond acceptors (Lipinski definition) is 5. The molecule has 2 heterocycles. The average molecular weight is 330 g/mol. The molecule has 1 aliphatic carbocycles. The second-order valence-corrected chi connectivity index (χ2v) is 8.30. The zero-order valence-electron chi connectivity index (χ0n) is 10.6. The molecule has 0 atom stereocenters. The third kappa shape index (κ3) is 2.79. The lowest BCUT2D eigenvalue weighted by Gasteiger charge is -2.05. The molecule has 2 aromatic rings. The largest absolute Gasteiger partial charge is 0.276 e. The van der Waals surface area contributed by atoms with Crippen molar-refractivity contribution in [2.75, 3.05) is 4.72 Å². The van der Waals surface area contributed by atoms with Crippen molar-refractivity contribution in [2.24, 2.45) is 0 Å². The summed E-state index contributed by atoms with van der Waals surface area (Å²) in [6.45, 7) is 1.77. The van der Waals surface area contributed by atoms with Crippen LogP contribution in [0.25, 0.3) is 0 Å². The highest BCUT2D eigenvalue weighted by Gasteiger charge is 2.26. The topological polar surface area (TPSA) is 72.0 Å². The second kappa shape index (κ2) is 4.98. The quantitative estimate of drug-likeness (QED) is 0.935. The Morgan fingerprint density at radius 2 is 2.00 bits per heavy atom. The third-order valence-corrected chi connectivity index (χ3v) is 6.38. The van der Waals surface area contributed by atoms with Crippen molar-refractivity contribution in [1.29, 1.82) is 0 Å². The van der Waals surface area contributed by atoms with E-state index >= 15 is 0 Å². The summed E-state index contributed by atoms with van der Waals surface area (Å²) < 4.78 is 27.5. The van der Waals surface area contributed by atoms with Crippen molar-refractivity contribution in [2.45, 2.75) is 29.9 Å². The Morgan fingerprint density at radius 3 is 2.50 bits per heavy atom. The van der Waals surface area contributed by atoms with E-state index in [-0.39, 0.29) is 4.21 Å². The summed E-state index contributed by atoms with van der Waals surface area (Å²) in [5, 5.41) is 0. The Balaban J connectivity index is 1.81.